The van der Waals surface area contributed by atoms with E-state index in [0.29, 0.717) is 12.3 Å². The Labute approximate surface area is 97.8 Å². The average molecular weight is 233 g/mol. The largest absolute Gasteiger partial charge is 0.325 e. The third-order valence-corrected chi connectivity index (χ3v) is 4.28. The second-order valence-electron chi connectivity index (χ2n) is 5.85. The van der Waals surface area contributed by atoms with Crippen LogP contribution in [-0.2, 0) is 0 Å². The van der Waals surface area contributed by atoms with E-state index in [1.54, 1.807) is 13.8 Å². The average Bonchev–Trinajstić information content (AvgIpc) is 2.60. The molecule has 4 unspecified atom stereocenters. The fourth-order valence-corrected chi connectivity index (χ4v) is 2.46. The summed E-state index contributed by atoms with van der Waals surface area (Å²) < 4.78 is 25.9. The zero-order valence-electron chi connectivity index (χ0n) is 10.7. The maximum Gasteiger partial charge on any atom is 0.123 e. The van der Waals surface area contributed by atoms with Crippen LogP contribution < -0.4 is 5.73 Å². The molecule has 1 nitrogen and oxygen atoms in total. The topological polar surface area (TPSA) is 26.0 Å². The van der Waals surface area contributed by atoms with Crippen LogP contribution in [0.15, 0.2) is 0 Å². The van der Waals surface area contributed by atoms with Crippen molar-refractivity contribution >= 4 is 0 Å². The monoisotopic (exact) mass is 233 g/mol. The van der Waals surface area contributed by atoms with Crippen LogP contribution in [0, 0.1) is 5.92 Å². The molecule has 0 aliphatic heterocycles. The van der Waals surface area contributed by atoms with Gasteiger partial charge in [0.25, 0.3) is 0 Å². The molecule has 0 aromatic rings. The highest BCUT2D eigenvalue weighted by Crippen LogP contribution is 2.37. The van der Waals surface area contributed by atoms with Crippen molar-refractivity contribution in [3.05, 3.63) is 0 Å². The molecule has 16 heavy (non-hydrogen) atoms. The maximum absolute atomic E-state index is 13.0. The Morgan fingerprint density at radius 3 is 1.62 bits per heavy atom. The van der Waals surface area contributed by atoms with Gasteiger partial charge in [-0.2, -0.15) is 0 Å². The molecule has 2 N–H and O–H groups in total. The molecule has 0 bridgehead atoms. The van der Waals surface area contributed by atoms with Crippen LogP contribution in [0.4, 0.5) is 8.78 Å². The lowest BCUT2D eigenvalue weighted by Gasteiger charge is -2.17. The third-order valence-electron chi connectivity index (χ3n) is 4.28. The lowest BCUT2D eigenvalue weighted by molar-refractivity contribution is 0.144. The van der Waals surface area contributed by atoms with Crippen LogP contribution in [0.2, 0.25) is 0 Å². The smallest absolute Gasteiger partial charge is 0.123 e. The number of rotatable bonds is 0. The molecule has 2 saturated carbocycles. The summed E-state index contributed by atoms with van der Waals surface area (Å²) in [4.78, 5) is 0. The molecule has 3 heteroatoms. The lowest BCUT2D eigenvalue weighted by atomic mass is 9.97. The molecule has 0 heterocycles. The SMILES string of the molecule is CC1(F)CCCC1N.CC1CCCC1(C)F. The Kier molecular flexibility index (Phi) is 4.33. The first-order chi connectivity index (χ1) is 7.26. The molecule has 2 rings (SSSR count). The van der Waals surface area contributed by atoms with E-state index in [1.165, 1.54) is 0 Å². The van der Waals surface area contributed by atoms with Crippen LogP contribution in [0.3, 0.4) is 0 Å². The van der Waals surface area contributed by atoms with E-state index in [2.05, 4.69) is 0 Å². The summed E-state index contributed by atoms with van der Waals surface area (Å²) in [6.45, 7) is 5.29. The van der Waals surface area contributed by atoms with Crippen LogP contribution in [-0.4, -0.2) is 17.4 Å². The van der Waals surface area contributed by atoms with Gasteiger partial charge in [0.05, 0.1) is 0 Å². The van der Waals surface area contributed by atoms with Crippen molar-refractivity contribution in [3.8, 4) is 0 Å². The summed E-state index contributed by atoms with van der Waals surface area (Å²) >= 11 is 0. The quantitative estimate of drug-likeness (QED) is 0.677. The van der Waals surface area contributed by atoms with E-state index >= 15 is 0 Å². The minimum absolute atomic E-state index is 0.206. The van der Waals surface area contributed by atoms with E-state index in [9.17, 15) is 8.78 Å². The Bertz CT molecular complexity index is 202. The van der Waals surface area contributed by atoms with E-state index in [-0.39, 0.29) is 6.04 Å². The first-order valence-corrected chi connectivity index (χ1v) is 6.39. The predicted octanol–water partition coefficient (Wildman–Crippen LogP) is 3.76. The van der Waals surface area contributed by atoms with Gasteiger partial charge in [0.1, 0.15) is 11.3 Å². The van der Waals surface area contributed by atoms with Gasteiger partial charge in [-0.3, -0.25) is 0 Å². The standard InChI is InChI=1S/C7H13F.C6H12FN/c1-6-4-3-5-7(6,2)8;1-6(7)4-2-3-5(6)8/h6H,3-5H2,1-2H3;5H,2-4,8H2,1H3. The van der Waals surface area contributed by atoms with Gasteiger partial charge < -0.3 is 5.73 Å². The fourth-order valence-electron chi connectivity index (χ4n) is 2.46. The number of nitrogens with two attached hydrogens (primary N) is 1. The van der Waals surface area contributed by atoms with Gasteiger partial charge in [-0.05, 0) is 58.3 Å². The molecule has 0 aromatic carbocycles. The van der Waals surface area contributed by atoms with Gasteiger partial charge >= 0.3 is 0 Å². The minimum atomic E-state index is -1.07. The van der Waals surface area contributed by atoms with Crippen LogP contribution in [0.25, 0.3) is 0 Å². The van der Waals surface area contributed by atoms with E-state index < -0.39 is 11.3 Å². The normalized spacial score (nSPS) is 47.6. The second kappa shape index (κ2) is 4.99. The van der Waals surface area contributed by atoms with Crippen LogP contribution >= 0.6 is 0 Å². The van der Waals surface area contributed by atoms with Gasteiger partial charge in [-0.15, -0.1) is 0 Å². The van der Waals surface area contributed by atoms with E-state index in [0.717, 1.165) is 32.1 Å². The van der Waals surface area contributed by atoms with Crippen molar-refractivity contribution in [2.24, 2.45) is 11.7 Å². The Morgan fingerprint density at radius 2 is 1.50 bits per heavy atom. The molecule has 96 valence electrons. The van der Waals surface area contributed by atoms with E-state index in [1.807, 2.05) is 6.92 Å². The Balaban J connectivity index is 0.000000160. The summed E-state index contributed by atoms with van der Waals surface area (Å²) in [6.07, 6.45) is 5.38. The molecule has 0 radical (unpaired) electrons. The number of alkyl halides is 2. The van der Waals surface area contributed by atoms with Gasteiger partial charge in [0.2, 0.25) is 0 Å². The zero-order chi connectivity index (χ0) is 12.4. The second-order valence-corrected chi connectivity index (χ2v) is 5.85. The summed E-state index contributed by atoms with van der Waals surface area (Å²) in [5.41, 5.74) is 3.52. The van der Waals surface area contributed by atoms with Crippen LogP contribution in [0.1, 0.15) is 59.3 Å². The van der Waals surface area contributed by atoms with Gasteiger partial charge in [0, 0.05) is 6.04 Å². The van der Waals surface area contributed by atoms with E-state index in [4.69, 9.17) is 5.73 Å². The highest BCUT2D eigenvalue weighted by Gasteiger charge is 2.36. The van der Waals surface area contributed by atoms with Crippen molar-refractivity contribution < 1.29 is 8.78 Å². The van der Waals surface area contributed by atoms with Crippen LogP contribution in [0.5, 0.6) is 0 Å². The highest BCUT2D eigenvalue weighted by molar-refractivity contribution is 4.91. The summed E-state index contributed by atoms with van der Waals surface area (Å²) in [5, 5.41) is 0. The Morgan fingerprint density at radius 1 is 1.00 bits per heavy atom. The summed E-state index contributed by atoms with van der Waals surface area (Å²) in [6, 6.07) is -0.206. The summed E-state index contributed by atoms with van der Waals surface area (Å²) in [5.74, 6) is 0.294. The van der Waals surface area contributed by atoms with Crippen molar-refractivity contribution in [1.82, 2.24) is 0 Å². The number of hydrogen-bond acceptors (Lipinski definition) is 1. The minimum Gasteiger partial charge on any atom is -0.325 e. The molecule has 2 aliphatic rings. The molecule has 0 spiro atoms. The molecular formula is C13H25F2N. The number of halogens is 2. The molecule has 0 saturated heterocycles. The third kappa shape index (κ3) is 3.41. The highest BCUT2D eigenvalue weighted by atomic mass is 19.1. The summed E-state index contributed by atoms with van der Waals surface area (Å²) in [7, 11) is 0. The van der Waals surface area contributed by atoms with Crippen molar-refractivity contribution in [1.29, 1.82) is 0 Å². The van der Waals surface area contributed by atoms with Gasteiger partial charge in [0.15, 0.2) is 0 Å². The molecule has 4 atom stereocenters. The van der Waals surface area contributed by atoms with Crippen molar-refractivity contribution in [2.75, 3.05) is 0 Å². The zero-order valence-corrected chi connectivity index (χ0v) is 10.7. The van der Waals surface area contributed by atoms with Gasteiger partial charge in [-0.25, -0.2) is 8.78 Å². The molecule has 2 fully saturated rings. The van der Waals surface area contributed by atoms with Crippen molar-refractivity contribution in [2.45, 2.75) is 76.7 Å². The first-order valence-electron chi connectivity index (χ1n) is 6.39. The van der Waals surface area contributed by atoms with Gasteiger partial charge in [-0.1, -0.05) is 6.92 Å². The van der Waals surface area contributed by atoms with Crippen molar-refractivity contribution in [3.63, 3.8) is 0 Å². The Hall–Kier alpha value is -0.180. The molecule has 0 amide bonds. The maximum atomic E-state index is 13.0. The first kappa shape index (κ1) is 13.9. The fraction of sp³-hybridized carbons (Fsp3) is 1.00. The molecular weight excluding hydrogens is 208 g/mol. The molecule has 0 aromatic heterocycles. The number of hydrogen-bond donors (Lipinski definition) is 1. The lowest BCUT2D eigenvalue weighted by Crippen LogP contribution is -2.36. The predicted molar refractivity (Wildman–Crippen MR) is 63.9 cm³/mol. The molecule has 2 aliphatic carbocycles.